The molecule has 0 aliphatic rings. The van der Waals surface area contributed by atoms with Crippen molar-refractivity contribution in [2.45, 2.75) is 39.8 Å². The van der Waals surface area contributed by atoms with E-state index in [4.69, 9.17) is 10.2 Å². The molecule has 31 heavy (non-hydrogen) atoms. The van der Waals surface area contributed by atoms with Gasteiger partial charge in [0.1, 0.15) is 6.54 Å². The Morgan fingerprint density at radius 3 is 2.45 bits per heavy atom. The summed E-state index contributed by atoms with van der Waals surface area (Å²) in [5, 5.41) is 34.6. The minimum absolute atomic E-state index is 0. The van der Waals surface area contributed by atoms with Gasteiger partial charge in [0.05, 0.1) is 24.2 Å². The lowest BCUT2D eigenvalue weighted by molar-refractivity contribution is -0.683. The number of rotatable bonds is 9. The van der Waals surface area contributed by atoms with E-state index in [-0.39, 0.29) is 44.3 Å². The van der Waals surface area contributed by atoms with Crippen molar-refractivity contribution in [1.82, 2.24) is 4.57 Å². The zero-order chi connectivity index (χ0) is 21.9. The molecule has 0 saturated carbocycles. The highest BCUT2D eigenvalue weighted by Crippen LogP contribution is 2.08. The van der Waals surface area contributed by atoms with Crippen LogP contribution in [0.5, 0.6) is 0 Å². The van der Waals surface area contributed by atoms with Gasteiger partial charge >= 0.3 is 17.8 Å². The average Bonchev–Trinajstić information content (AvgIpc) is 2.71. The number of halogens is 1. The lowest BCUT2D eigenvalue weighted by atomic mass is 10.2. The molecule has 2 heterocycles. The highest BCUT2D eigenvalue weighted by molar-refractivity contribution is 5.84. The van der Waals surface area contributed by atoms with E-state index in [2.05, 4.69) is 20.4 Å². The Morgan fingerprint density at radius 1 is 1.06 bits per heavy atom. The molecule has 2 N–H and O–H groups in total. The van der Waals surface area contributed by atoms with E-state index in [0.717, 1.165) is 0 Å². The number of carboxylic acid groups (broad SMARTS) is 2. The first kappa shape index (κ1) is 25.6. The lowest BCUT2D eigenvalue weighted by Crippen LogP contribution is -3.00. The number of amidine groups is 1. The molecule has 10 nitrogen and oxygen atoms in total. The summed E-state index contributed by atoms with van der Waals surface area (Å²) < 4.78 is 3.40. The molecule has 0 atom stereocenters. The van der Waals surface area contributed by atoms with Crippen LogP contribution in [0.1, 0.15) is 26.7 Å². The van der Waals surface area contributed by atoms with Gasteiger partial charge in [-0.3, -0.25) is 9.59 Å². The summed E-state index contributed by atoms with van der Waals surface area (Å²) >= 11 is 0. The highest BCUT2D eigenvalue weighted by atomic mass is 35.5. The third kappa shape index (κ3) is 8.87. The number of aromatic nitrogens is 2. The molecule has 2 rings (SSSR count). The van der Waals surface area contributed by atoms with Gasteiger partial charge in [0.2, 0.25) is 5.84 Å². The first-order chi connectivity index (χ1) is 14.4. The fourth-order valence-corrected chi connectivity index (χ4v) is 2.38. The molecule has 0 spiro atoms. The third-order valence-corrected chi connectivity index (χ3v) is 3.99. The molecule has 2 aromatic heterocycles. The van der Waals surface area contributed by atoms with Crippen molar-refractivity contribution in [3.05, 3.63) is 54.3 Å². The second-order valence-electron chi connectivity index (χ2n) is 6.70. The molecule has 0 bridgehead atoms. The maximum absolute atomic E-state index is 10.8. The van der Waals surface area contributed by atoms with Crippen molar-refractivity contribution in [2.75, 3.05) is 0 Å². The Balaban J connectivity index is 0.00000480. The summed E-state index contributed by atoms with van der Waals surface area (Å²) in [7, 11) is 0. The number of aryl methyl sites for hydroxylation is 2. The Bertz CT molecular complexity index is 1020. The first-order valence-electron chi connectivity index (χ1n) is 9.47. The smallest absolute Gasteiger partial charge is 0.350 e. The Hall–Kier alpha value is -3.40. The molecule has 0 aliphatic heterocycles. The maximum atomic E-state index is 10.8. The van der Waals surface area contributed by atoms with Gasteiger partial charge in [0.25, 0.3) is 0 Å². The number of hydrogen-bond donors (Lipinski definition) is 2. The number of nitrogens with zero attached hydrogens (tertiary/aromatic N) is 6. The van der Waals surface area contributed by atoms with Crippen LogP contribution in [-0.4, -0.2) is 32.6 Å². The second kappa shape index (κ2) is 13.0. The predicted octanol–water partition coefficient (Wildman–Crippen LogP) is -0.617. The SMILES string of the molecule is CC(C)C(N=Nc1cccc[n+]1CCC(=O)O)=NN=c1ccccn1CCC(=O)O.[Cl-]. The van der Waals surface area contributed by atoms with Crippen LogP contribution in [0, 0.1) is 5.92 Å². The predicted molar refractivity (Wildman–Crippen MR) is 108 cm³/mol. The molecule has 0 aromatic carbocycles. The van der Waals surface area contributed by atoms with Gasteiger partial charge in [0, 0.05) is 24.7 Å². The molecule has 166 valence electrons. The number of carboxylic acids is 2. The van der Waals surface area contributed by atoms with Crippen LogP contribution in [0.25, 0.3) is 0 Å². The van der Waals surface area contributed by atoms with Crippen LogP contribution in [-0.2, 0) is 22.7 Å². The number of azo groups is 1. The van der Waals surface area contributed by atoms with Crippen LogP contribution in [0.2, 0.25) is 0 Å². The van der Waals surface area contributed by atoms with Crippen molar-refractivity contribution < 1.29 is 36.8 Å². The zero-order valence-electron chi connectivity index (χ0n) is 17.3. The molecular weight excluding hydrogens is 424 g/mol. The van der Waals surface area contributed by atoms with Crippen molar-refractivity contribution in [3.63, 3.8) is 0 Å². The van der Waals surface area contributed by atoms with Crippen molar-refractivity contribution in [1.29, 1.82) is 0 Å². The van der Waals surface area contributed by atoms with Gasteiger partial charge < -0.3 is 27.2 Å². The highest BCUT2D eigenvalue weighted by Gasteiger charge is 2.13. The monoisotopic (exact) mass is 448 g/mol. The summed E-state index contributed by atoms with van der Waals surface area (Å²) in [6.45, 7) is 4.36. The number of aliphatic carboxylic acids is 2. The van der Waals surface area contributed by atoms with E-state index in [1.807, 2.05) is 13.8 Å². The molecule has 0 aliphatic carbocycles. The fourth-order valence-electron chi connectivity index (χ4n) is 2.38. The van der Waals surface area contributed by atoms with E-state index < -0.39 is 11.9 Å². The lowest BCUT2D eigenvalue weighted by Gasteiger charge is -2.04. The molecule has 0 fully saturated rings. The third-order valence-electron chi connectivity index (χ3n) is 3.99. The zero-order valence-corrected chi connectivity index (χ0v) is 18.1. The minimum Gasteiger partial charge on any atom is -1.00 e. The van der Waals surface area contributed by atoms with Gasteiger partial charge in [-0.05, 0) is 23.3 Å². The molecule has 11 heteroatoms. The van der Waals surface area contributed by atoms with Gasteiger partial charge in [-0.15, -0.1) is 10.2 Å². The van der Waals surface area contributed by atoms with Crippen molar-refractivity contribution in [3.8, 4) is 0 Å². The molecule has 0 amide bonds. The Labute approximate surface area is 185 Å². The summed E-state index contributed by atoms with van der Waals surface area (Å²) in [6, 6.07) is 10.6. The van der Waals surface area contributed by atoms with Crippen LogP contribution in [0.15, 0.2) is 69.2 Å². The van der Waals surface area contributed by atoms with E-state index in [1.54, 1.807) is 57.9 Å². The second-order valence-corrected chi connectivity index (χ2v) is 6.70. The summed E-state index contributed by atoms with van der Waals surface area (Å²) in [4.78, 5) is 21.7. The number of hydrogen-bond acceptors (Lipinski definition) is 5. The van der Waals surface area contributed by atoms with Gasteiger partial charge in [-0.1, -0.05) is 26.0 Å². The van der Waals surface area contributed by atoms with Gasteiger partial charge in [-0.2, -0.15) is 0 Å². The Morgan fingerprint density at radius 2 is 1.77 bits per heavy atom. The van der Waals surface area contributed by atoms with Crippen molar-refractivity contribution >= 4 is 23.6 Å². The van der Waals surface area contributed by atoms with Crippen LogP contribution < -0.4 is 22.5 Å². The normalized spacial score (nSPS) is 12.2. The van der Waals surface area contributed by atoms with Crippen LogP contribution in [0.4, 0.5) is 5.82 Å². The standard InChI is InChI=1S/C20H24N6O4.ClH/c1-15(2)20(23-21-16-7-3-5-11-25(16)13-9-18(27)28)24-22-17-8-4-6-12-26(17)14-10-19(29)30;/h3-8,11-12,15H,9-10,13-14H2,1-2H3,(H-,27,28,29,30);1H. The quantitative estimate of drug-likeness (QED) is 0.174. The summed E-state index contributed by atoms with van der Waals surface area (Å²) in [6.07, 6.45) is 3.43. The van der Waals surface area contributed by atoms with Crippen LogP contribution in [0.3, 0.4) is 0 Å². The maximum Gasteiger partial charge on any atom is 0.350 e. The minimum atomic E-state index is -0.892. The van der Waals surface area contributed by atoms with Crippen molar-refractivity contribution in [2.24, 2.45) is 26.3 Å². The largest absolute Gasteiger partial charge is 1.00 e. The molecule has 0 saturated heterocycles. The number of carbonyl (C=O) groups is 2. The first-order valence-corrected chi connectivity index (χ1v) is 9.47. The molecule has 0 radical (unpaired) electrons. The van der Waals surface area contributed by atoms with E-state index >= 15 is 0 Å². The van der Waals surface area contributed by atoms with Gasteiger partial charge in [-0.25, -0.2) is 4.57 Å². The average molecular weight is 449 g/mol. The fraction of sp³-hybridized carbons (Fsp3) is 0.350. The van der Waals surface area contributed by atoms with Crippen LogP contribution >= 0.6 is 0 Å². The summed E-state index contributed by atoms with van der Waals surface area (Å²) in [5.41, 5.74) is 0.503. The van der Waals surface area contributed by atoms with E-state index in [9.17, 15) is 9.59 Å². The number of pyridine rings is 2. The van der Waals surface area contributed by atoms with E-state index in [0.29, 0.717) is 17.1 Å². The van der Waals surface area contributed by atoms with E-state index in [1.165, 1.54) is 0 Å². The molecule has 0 unspecified atom stereocenters. The molecule has 2 aromatic rings. The van der Waals surface area contributed by atoms with Gasteiger partial charge in [0.15, 0.2) is 5.49 Å². The molecular formula is C20H25ClN6O4. The topological polar surface area (TPSA) is 133 Å². The Kier molecular flexibility index (Phi) is 10.8. The summed E-state index contributed by atoms with van der Waals surface area (Å²) in [5.74, 6) is -0.960.